The first-order chi connectivity index (χ1) is 11.4. The van der Waals surface area contributed by atoms with Gasteiger partial charge in [-0.3, -0.25) is 0 Å². The molecule has 0 aliphatic carbocycles. The molecule has 3 rings (SSSR count). The van der Waals surface area contributed by atoms with Crippen molar-refractivity contribution in [3.05, 3.63) is 60.9 Å². The van der Waals surface area contributed by atoms with Crippen molar-refractivity contribution in [2.75, 3.05) is 0 Å². The summed E-state index contributed by atoms with van der Waals surface area (Å²) < 4.78 is 0. The molecular formula is C20H23N3O2Y-2. The van der Waals surface area contributed by atoms with Crippen molar-refractivity contribution in [1.29, 1.82) is 0 Å². The summed E-state index contributed by atoms with van der Waals surface area (Å²) in [4.78, 5) is 13.1. The summed E-state index contributed by atoms with van der Waals surface area (Å²) in [5, 5.41) is 19.4. The summed E-state index contributed by atoms with van der Waals surface area (Å²) in [6.45, 7) is 9.48. The van der Waals surface area contributed by atoms with Gasteiger partial charge in [-0.25, -0.2) is 0 Å². The third-order valence-corrected chi connectivity index (χ3v) is 4.23. The Bertz CT molecular complexity index is 909. The molecule has 5 nitrogen and oxygen atoms in total. The van der Waals surface area contributed by atoms with Gasteiger partial charge in [0, 0.05) is 39.1 Å². The van der Waals surface area contributed by atoms with Gasteiger partial charge < -0.3 is 24.3 Å². The number of phenols is 1. The number of Topliss-reactive ketones (excluding diaryl/α,β-unsaturated/α-hetero) is 1. The van der Waals surface area contributed by atoms with Crippen LogP contribution < -0.4 is 0 Å². The minimum Gasteiger partial charge on any atom is -0.505 e. The molecule has 0 atom stereocenters. The number of rotatable bonds is 4. The monoisotopic (exact) mass is 426 g/mol. The van der Waals surface area contributed by atoms with E-state index in [0.717, 1.165) is 27.7 Å². The van der Waals surface area contributed by atoms with Crippen LogP contribution in [0.1, 0.15) is 28.7 Å². The predicted molar refractivity (Wildman–Crippen MR) is 99.8 cm³/mol. The molecule has 1 aromatic heterocycles. The minimum atomic E-state index is 0. The van der Waals surface area contributed by atoms with Crippen LogP contribution in [-0.4, -0.2) is 25.9 Å². The molecule has 2 aromatic carbocycles. The van der Waals surface area contributed by atoms with Crippen molar-refractivity contribution in [3.63, 3.8) is 0 Å². The van der Waals surface area contributed by atoms with E-state index in [-0.39, 0.29) is 64.5 Å². The number of hydrogen-bond donors (Lipinski definition) is 1. The number of carbonyl (C=O) groups excluding carboxylic acids is 1. The smallest absolute Gasteiger partial charge is 0.146 e. The van der Waals surface area contributed by atoms with Crippen molar-refractivity contribution < 1.29 is 42.6 Å². The third-order valence-electron chi connectivity index (χ3n) is 4.23. The number of fused-ring (bicyclic) bond motifs is 1. The zero-order valence-electron chi connectivity index (χ0n) is 15.7. The fourth-order valence-electron chi connectivity index (χ4n) is 2.68. The molecule has 1 N–H and O–H groups in total. The van der Waals surface area contributed by atoms with Crippen LogP contribution in [0.3, 0.4) is 0 Å². The van der Waals surface area contributed by atoms with Crippen molar-refractivity contribution in [2.45, 2.75) is 33.6 Å². The van der Waals surface area contributed by atoms with Gasteiger partial charge >= 0.3 is 0 Å². The van der Waals surface area contributed by atoms with Crippen LogP contribution >= 0.6 is 0 Å². The van der Waals surface area contributed by atoms with E-state index in [0.29, 0.717) is 11.3 Å². The van der Waals surface area contributed by atoms with E-state index in [1.165, 1.54) is 4.80 Å². The zero-order valence-corrected chi connectivity index (χ0v) is 18.5. The average molecular weight is 426 g/mol. The Morgan fingerprint density at radius 3 is 2.08 bits per heavy atom. The fourth-order valence-corrected chi connectivity index (χ4v) is 2.68. The van der Waals surface area contributed by atoms with Crippen molar-refractivity contribution >= 4 is 16.8 Å². The number of aryl methyl sites for hydroxylation is 3. The maximum Gasteiger partial charge on any atom is 0.146 e. The summed E-state index contributed by atoms with van der Waals surface area (Å²) in [6.07, 6.45) is 0.536. The van der Waals surface area contributed by atoms with Crippen LogP contribution in [-0.2, 0) is 43.9 Å². The van der Waals surface area contributed by atoms with Crippen molar-refractivity contribution in [3.8, 4) is 11.4 Å². The van der Waals surface area contributed by atoms with Gasteiger partial charge in [-0.05, 0) is 61.2 Å². The Hall–Kier alpha value is -1.59. The standard InChI is InChI=1S/C19H20N3O2.CH3.Y/c1-5-15(23)9-14-6-13(4)19(24)18(10-14)22-20-16-7-11(2)12(3)8-17(16)21-22;;/h6-8,10,24H,1,5,9H2,2-4H3;1H3;/q2*-1;. The quantitative estimate of drug-likeness (QED) is 0.644. The number of ketones is 1. The Labute approximate surface area is 179 Å². The molecule has 0 aliphatic heterocycles. The van der Waals surface area contributed by atoms with Crippen molar-refractivity contribution in [2.24, 2.45) is 0 Å². The Morgan fingerprint density at radius 2 is 1.58 bits per heavy atom. The number of aromatic nitrogens is 3. The van der Waals surface area contributed by atoms with Crippen LogP contribution in [0.5, 0.6) is 5.75 Å². The molecule has 1 radical (unpaired) electrons. The molecule has 0 saturated heterocycles. The van der Waals surface area contributed by atoms with Crippen molar-refractivity contribution in [1.82, 2.24) is 15.0 Å². The van der Waals surface area contributed by atoms with E-state index in [1.807, 2.05) is 32.0 Å². The SMILES string of the molecule is [CH2-]CC(=O)Cc1cc(C)c(O)c(-n2nc3cc(C)c(C)cc3n2)c1.[CH3-].[Y]. The normalized spacial score (nSPS) is 10.3. The molecule has 0 unspecified atom stereocenters. The topological polar surface area (TPSA) is 68.0 Å². The van der Waals surface area contributed by atoms with E-state index < -0.39 is 0 Å². The first-order valence-corrected chi connectivity index (χ1v) is 7.87. The molecule has 0 fully saturated rings. The third kappa shape index (κ3) is 4.38. The number of nitrogens with zero attached hydrogens (tertiary/aromatic N) is 3. The summed E-state index contributed by atoms with van der Waals surface area (Å²) in [7, 11) is 0. The molecule has 0 saturated carbocycles. The number of benzene rings is 2. The molecule has 6 heteroatoms. The van der Waals surface area contributed by atoms with E-state index in [4.69, 9.17) is 0 Å². The molecule has 0 spiro atoms. The number of aromatic hydroxyl groups is 1. The molecule has 0 bridgehead atoms. The number of hydrogen-bond acceptors (Lipinski definition) is 4. The Kier molecular flexibility index (Phi) is 7.66. The first-order valence-electron chi connectivity index (χ1n) is 7.87. The molecule has 26 heavy (non-hydrogen) atoms. The second kappa shape index (κ2) is 8.87. The van der Waals surface area contributed by atoms with E-state index in [1.54, 1.807) is 13.0 Å². The molecule has 135 valence electrons. The summed E-state index contributed by atoms with van der Waals surface area (Å²) in [5.74, 6) is 0.172. The fraction of sp³-hybridized carbons (Fsp3) is 0.250. The zero-order chi connectivity index (χ0) is 17.4. The van der Waals surface area contributed by atoms with Gasteiger partial charge in [0.05, 0.1) is 0 Å². The first kappa shape index (κ1) is 22.5. The van der Waals surface area contributed by atoms with Crippen LogP contribution in [0.2, 0.25) is 0 Å². The van der Waals surface area contributed by atoms with Gasteiger partial charge in [0.15, 0.2) is 0 Å². The number of carbonyl (C=O) groups is 1. The van der Waals surface area contributed by atoms with Crippen LogP contribution in [0.15, 0.2) is 24.3 Å². The van der Waals surface area contributed by atoms with E-state index in [9.17, 15) is 9.90 Å². The maximum absolute atomic E-state index is 11.7. The molecule has 0 aliphatic rings. The van der Waals surface area contributed by atoms with Gasteiger partial charge in [-0.15, -0.1) is 21.4 Å². The largest absolute Gasteiger partial charge is 0.505 e. The van der Waals surface area contributed by atoms with Gasteiger partial charge in [0.1, 0.15) is 28.3 Å². The van der Waals surface area contributed by atoms with Crippen LogP contribution in [0, 0.1) is 35.1 Å². The van der Waals surface area contributed by atoms with Gasteiger partial charge in [0.2, 0.25) is 0 Å². The Morgan fingerprint density at radius 1 is 1.04 bits per heavy atom. The molecule has 3 aromatic rings. The Balaban J connectivity index is 0.00000169. The van der Waals surface area contributed by atoms with Crippen LogP contribution in [0.25, 0.3) is 16.7 Å². The summed E-state index contributed by atoms with van der Waals surface area (Å²) in [5.41, 5.74) is 5.82. The number of phenolic OH excluding ortho intramolecular Hbond substituents is 1. The summed E-state index contributed by atoms with van der Waals surface area (Å²) >= 11 is 0. The average Bonchev–Trinajstić information content (AvgIpc) is 2.93. The second-order valence-electron chi connectivity index (χ2n) is 6.16. The van der Waals surface area contributed by atoms with Gasteiger partial charge in [-0.1, -0.05) is 6.07 Å². The van der Waals surface area contributed by atoms with E-state index >= 15 is 0 Å². The molecule has 0 amide bonds. The van der Waals surface area contributed by atoms with Gasteiger partial charge in [0.25, 0.3) is 0 Å². The second-order valence-corrected chi connectivity index (χ2v) is 6.16. The molecule has 1 heterocycles. The minimum absolute atomic E-state index is 0. The maximum atomic E-state index is 11.7. The summed E-state index contributed by atoms with van der Waals surface area (Å²) in [6, 6.07) is 7.53. The predicted octanol–water partition coefficient (Wildman–Crippen LogP) is 3.83. The van der Waals surface area contributed by atoms with E-state index in [2.05, 4.69) is 17.1 Å². The van der Waals surface area contributed by atoms with Gasteiger partial charge in [-0.2, -0.15) is 0 Å². The van der Waals surface area contributed by atoms with Crippen LogP contribution in [0.4, 0.5) is 0 Å². The molecular weight excluding hydrogens is 403 g/mol.